The highest BCUT2D eigenvalue weighted by atomic mass is 19.2. The van der Waals surface area contributed by atoms with Crippen LogP contribution in [-0.4, -0.2) is 48.9 Å². The second-order valence-electron chi connectivity index (χ2n) is 13.3. The summed E-state index contributed by atoms with van der Waals surface area (Å²) in [6.07, 6.45) is -1.87. The van der Waals surface area contributed by atoms with Gasteiger partial charge in [0.25, 0.3) is 5.91 Å². The number of unbranched alkanes of at least 4 members (excludes halogenated alkanes) is 1. The molecule has 1 atom stereocenters. The number of hydrogen-bond donors (Lipinski definition) is 3. The maximum atomic E-state index is 14.4. The molecule has 0 aliphatic heterocycles. The number of rotatable bonds is 12. The number of fused-ring (bicyclic) bond motifs is 3. The number of benzene rings is 4. The number of esters is 1. The number of nitrogens with one attached hydrogen (secondary N) is 3. The number of carbonyl (C=O) groups excluding carboxylic acids is 4. The van der Waals surface area contributed by atoms with E-state index in [1.54, 1.807) is 32.9 Å². The molecular weight excluding hydrogens is 717 g/mol. The van der Waals surface area contributed by atoms with Crippen molar-refractivity contribution in [3.63, 3.8) is 0 Å². The van der Waals surface area contributed by atoms with Crippen molar-refractivity contribution in [2.24, 2.45) is 0 Å². The van der Waals surface area contributed by atoms with Crippen LogP contribution in [0.4, 0.5) is 37.2 Å². The number of anilines is 1. The molecule has 0 bridgehead atoms. The Kier molecular flexibility index (Phi) is 12.2. The number of alkyl carbamates (subject to hydrolysis) is 1. The first-order valence-corrected chi connectivity index (χ1v) is 16.9. The molecule has 0 saturated carbocycles. The standard InChI is InChI=1S/C39H36F5N3O7/c1-39(2,3)54-38(51)46-27-17-9-8-16-25(27)35(48)45-19-11-10-18-28(36(49)53-34-32(43)30(41)29(40)31(42)33(34)44)47-37(50)52-20-26-23-14-6-4-12-21(23)22-13-5-7-15-24(22)26/h4-9,12-17,26,28H,10-11,18-20H2,1-3H3,(H,45,48)(H,46,51)(H,47,50)/t28-/m0/s1. The third-order valence-electron chi connectivity index (χ3n) is 8.30. The molecule has 10 nitrogen and oxygen atoms in total. The lowest BCUT2D eigenvalue weighted by molar-refractivity contribution is -0.137. The van der Waals surface area contributed by atoms with Crippen molar-refractivity contribution in [2.45, 2.75) is 57.6 Å². The summed E-state index contributed by atoms with van der Waals surface area (Å²) >= 11 is 0. The molecule has 4 aromatic rings. The zero-order valence-electron chi connectivity index (χ0n) is 29.4. The van der Waals surface area contributed by atoms with Crippen LogP contribution in [0, 0.1) is 29.1 Å². The number of amides is 3. The van der Waals surface area contributed by atoms with E-state index in [2.05, 4.69) is 20.7 Å². The van der Waals surface area contributed by atoms with Gasteiger partial charge < -0.3 is 24.8 Å². The van der Waals surface area contributed by atoms with Gasteiger partial charge in [0.05, 0.1) is 11.3 Å². The molecule has 5 rings (SSSR count). The fourth-order valence-electron chi connectivity index (χ4n) is 5.85. The van der Waals surface area contributed by atoms with E-state index >= 15 is 0 Å². The molecule has 0 aromatic heterocycles. The van der Waals surface area contributed by atoms with E-state index in [9.17, 15) is 41.1 Å². The average Bonchev–Trinajstić information content (AvgIpc) is 3.46. The molecule has 54 heavy (non-hydrogen) atoms. The van der Waals surface area contributed by atoms with Crippen molar-refractivity contribution >= 4 is 29.8 Å². The molecule has 0 saturated heterocycles. The van der Waals surface area contributed by atoms with E-state index < -0.39 is 70.5 Å². The third kappa shape index (κ3) is 9.14. The molecule has 3 N–H and O–H groups in total. The zero-order valence-corrected chi connectivity index (χ0v) is 29.4. The molecule has 0 heterocycles. The second-order valence-corrected chi connectivity index (χ2v) is 13.3. The predicted octanol–water partition coefficient (Wildman–Crippen LogP) is 8.14. The van der Waals surface area contributed by atoms with Gasteiger partial charge in [0.15, 0.2) is 0 Å². The molecule has 0 fully saturated rings. The maximum absolute atomic E-state index is 14.4. The van der Waals surface area contributed by atoms with E-state index in [1.165, 1.54) is 12.1 Å². The SMILES string of the molecule is CC(C)(C)OC(=O)Nc1ccccc1C(=O)NCCCC[C@H](NC(=O)OCC1c2ccccc2-c2ccccc21)C(=O)Oc1c(F)c(F)c(F)c(F)c1F. The van der Waals surface area contributed by atoms with Gasteiger partial charge >= 0.3 is 18.2 Å². The molecule has 4 aromatic carbocycles. The van der Waals surface area contributed by atoms with Crippen LogP contribution >= 0.6 is 0 Å². The summed E-state index contributed by atoms with van der Waals surface area (Å²) in [6, 6.07) is 19.6. The normalized spacial score (nSPS) is 12.6. The van der Waals surface area contributed by atoms with Crippen molar-refractivity contribution in [3.8, 4) is 16.9 Å². The maximum Gasteiger partial charge on any atom is 0.412 e. The van der Waals surface area contributed by atoms with E-state index in [1.807, 2.05) is 48.5 Å². The highest BCUT2D eigenvalue weighted by Gasteiger charge is 2.33. The van der Waals surface area contributed by atoms with Crippen LogP contribution in [0.3, 0.4) is 0 Å². The Balaban J connectivity index is 1.23. The molecular formula is C39H36F5N3O7. The van der Waals surface area contributed by atoms with Gasteiger partial charge in [-0.25, -0.2) is 27.6 Å². The first-order chi connectivity index (χ1) is 25.7. The first-order valence-electron chi connectivity index (χ1n) is 16.9. The van der Waals surface area contributed by atoms with Crippen molar-refractivity contribution in [1.29, 1.82) is 0 Å². The molecule has 1 aliphatic rings. The van der Waals surface area contributed by atoms with Crippen molar-refractivity contribution < 1.29 is 55.3 Å². The van der Waals surface area contributed by atoms with Crippen molar-refractivity contribution in [2.75, 3.05) is 18.5 Å². The summed E-state index contributed by atoms with van der Waals surface area (Å²) in [6.45, 7) is 4.92. The van der Waals surface area contributed by atoms with Gasteiger partial charge in [0.1, 0.15) is 18.2 Å². The van der Waals surface area contributed by atoms with Gasteiger partial charge in [-0.1, -0.05) is 60.7 Å². The van der Waals surface area contributed by atoms with Gasteiger partial charge in [-0.05, 0) is 74.4 Å². The summed E-state index contributed by atoms with van der Waals surface area (Å²) in [5.41, 5.74) is 3.26. The monoisotopic (exact) mass is 753 g/mol. The minimum atomic E-state index is -2.44. The van der Waals surface area contributed by atoms with Crippen LogP contribution in [0.5, 0.6) is 5.75 Å². The van der Waals surface area contributed by atoms with E-state index in [-0.39, 0.29) is 49.6 Å². The smallest absolute Gasteiger partial charge is 0.412 e. The molecule has 284 valence electrons. The van der Waals surface area contributed by atoms with E-state index in [0.717, 1.165) is 22.3 Å². The highest BCUT2D eigenvalue weighted by Crippen LogP contribution is 2.44. The summed E-state index contributed by atoms with van der Waals surface area (Å²) in [5.74, 6) is -16.1. The zero-order chi connectivity index (χ0) is 39.2. The number of para-hydroxylation sites is 1. The first kappa shape index (κ1) is 39.2. The summed E-state index contributed by atoms with van der Waals surface area (Å²) < 4.78 is 85.4. The Bertz CT molecular complexity index is 2000. The lowest BCUT2D eigenvalue weighted by Gasteiger charge is -2.20. The fourth-order valence-corrected chi connectivity index (χ4v) is 5.85. The lowest BCUT2D eigenvalue weighted by atomic mass is 9.98. The molecule has 3 amide bonds. The van der Waals surface area contributed by atoms with Crippen LogP contribution in [-0.2, 0) is 14.3 Å². The van der Waals surface area contributed by atoms with Gasteiger partial charge in [-0.3, -0.25) is 10.1 Å². The molecule has 0 unspecified atom stereocenters. The topological polar surface area (TPSA) is 132 Å². The molecule has 1 aliphatic carbocycles. The number of halogens is 5. The number of carbonyl (C=O) groups is 4. The van der Waals surface area contributed by atoms with Gasteiger partial charge in [0, 0.05) is 12.5 Å². The Morgan fingerprint density at radius 3 is 1.89 bits per heavy atom. The minimum absolute atomic E-state index is 0.0317. The Hall–Kier alpha value is -5.99. The molecule has 0 radical (unpaired) electrons. The fraction of sp³-hybridized carbons (Fsp3) is 0.282. The van der Waals surface area contributed by atoms with Gasteiger partial charge in [-0.15, -0.1) is 0 Å². The van der Waals surface area contributed by atoms with Crippen LogP contribution < -0.4 is 20.7 Å². The summed E-state index contributed by atoms with van der Waals surface area (Å²) in [4.78, 5) is 51.4. The number of hydrogen-bond acceptors (Lipinski definition) is 7. The Morgan fingerprint density at radius 2 is 1.28 bits per heavy atom. The summed E-state index contributed by atoms with van der Waals surface area (Å²) in [7, 11) is 0. The van der Waals surface area contributed by atoms with Crippen LogP contribution in [0.25, 0.3) is 11.1 Å². The van der Waals surface area contributed by atoms with Crippen molar-refractivity contribution in [1.82, 2.24) is 10.6 Å². The second kappa shape index (κ2) is 16.8. The van der Waals surface area contributed by atoms with Crippen LogP contribution in [0.2, 0.25) is 0 Å². The van der Waals surface area contributed by atoms with Gasteiger partial charge in [0.2, 0.25) is 34.8 Å². The Morgan fingerprint density at radius 1 is 0.722 bits per heavy atom. The van der Waals surface area contributed by atoms with E-state index in [0.29, 0.717) is 0 Å². The van der Waals surface area contributed by atoms with Crippen LogP contribution in [0.1, 0.15) is 67.4 Å². The average molecular weight is 754 g/mol. The molecule has 15 heteroatoms. The predicted molar refractivity (Wildman–Crippen MR) is 186 cm³/mol. The van der Waals surface area contributed by atoms with Crippen LogP contribution in [0.15, 0.2) is 72.8 Å². The minimum Gasteiger partial charge on any atom is -0.449 e. The van der Waals surface area contributed by atoms with Crippen molar-refractivity contribution in [3.05, 3.63) is 119 Å². The summed E-state index contributed by atoms with van der Waals surface area (Å²) in [5, 5.41) is 7.47. The lowest BCUT2D eigenvalue weighted by Crippen LogP contribution is -2.44. The quantitative estimate of drug-likeness (QED) is 0.0332. The largest absolute Gasteiger partial charge is 0.449 e. The Labute approximate surface area is 307 Å². The number of ether oxygens (including phenoxy) is 3. The van der Waals surface area contributed by atoms with E-state index in [4.69, 9.17) is 9.47 Å². The molecule has 0 spiro atoms. The third-order valence-corrected chi connectivity index (χ3v) is 8.30. The van der Waals surface area contributed by atoms with Gasteiger partial charge in [-0.2, -0.15) is 8.78 Å². The highest BCUT2D eigenvalue weighted by molar-refractivity contribution is 6.02.